The second-order valence-electron chi connectivity index (χ2n) is 2.26. The lowest BCUT2D eigenvalue weighted by Crippen LogP contribution is -2.20. The minimum atomic E-state index is -0.365. The highest BCUT2D eigenvalue weighted by Gasteiger charge is 1.98. The fourth-order valence-corrected chi connectivity index (χ4v) is 1.09. The Labute approximate surface area is 70.3 Å². The number of hydrogen-bond acceptors (Lipinski definition) is 2. The predicted octanol–water partition coefficient (Wildman–Crippen LogP) is 1.38. The van der Waals surface area contributed by atoms with E-state index >= 15 is 0 Å². The van der Waals surface area contributed by atoms with Crippen LogP contribution in [-0.4, -0.2) is 17.7 Å². The van der Waals surface area contributed by atoms with Crippen LogP contribution in [0.2, 0.25) is 0 Å². The molecular formula is C7H13BrNO. The Balaban J connectivity index is 2.95. The lowest BCUT2D eigenvalue weighted by atomic mass is 10.1. The van der Waals surface area contributed by atoms with Gasteiger partial charge in [0.25, 0.3) is 0 Å². The van der Waals surface area contributed by atoms with E-state index in [-0.39, 0.29) is 6.04 Å². The summed E-state index contributed by atoms with van der Waals surface area (Å²) in [5.74, 6) is 0. The van der Waals surface area contributed by atoms with Crippen molar-refractivity contribution in [3.05, 3.63) is 0 Å². The third-order valence-corrected chi connectivity index (χ3v) is 1.86. The van der Waals surface area contributed by atoms with Gasteiger partial charge in [-0.3, -0.25) is 4.79 Å². The van der Waals surface area contributed by atoms with Crippen molar-refractivity contribution >= 4 is 22.2 Å². The number of halogens is 1. The summed E-state index contributed by atoms with van der Waals surface area (Å²) in [6.07, 6.45) is 5.86. The van der Waals surface area contributed by atoms with Crippen LogP contribution in [0.3, 0.4) is 0 Å². The summed E-state index contributed by atoms with van der Waals surface area (Å²) < 4.78 is 0. The summed E-state index contributed by atoms with van der Waals surface area (Å²) >= 11 is 3.33. The van der Waals surface area contributed by atoms with Gasteiger partial charge in [0.2, 0.25) is 6.29 Å². The normalized spacial score (nSPS) is 13.0. The van der Waals surface area contributed by atoms with Gasteiger partial charge < -0.3 is 5.73 Å². The molecule has 0 spiro atoms. The molecule has 0 aliphatic rings. The maximum Gasteiger partial charge on any atom is 0.216 e. The van der Waals surface area contributed by atoms with Crippen molar-refractivity contribution in [1.29, 1.82) is 0 Å². The molecule has 2 nitrogen and oxygen atoms in total. The van der Waals surface area contributed by atoms with Crippen LogP contribution < -0.4 is 5.73 Å². The third kappa shape index (κ3) is 6.23. The van der Waals surface area contributed by atoms with Crippen molar-refractivity contribution in [2.75, 3.05) is 5.33 Å². The lowest BCUT2D eigenvalue weighted by molar-refractivity contribution is 0.528. The van der Waals surface area contributed by atoms with Gasteiger partial charge in [0.15, 0.2) is 0 Å². The minimum Gasteiger partial charge on any atom is -0.321 e. The zero-order valence-corrected chi connectivity index (χ0v) is 7.56. The number of alkyl halides is 1. The summed E-state index contributed by atoms with van der Waals surface area (Å²) in [6, 6.07) is -0.365. The van der Waals surface area contributed by atoms with Gasteiger partial charge in [0.1, 0.15) is 0 Å². The first-order valence-electron chi connectivity index (χ1n) is 3.50. The molecule has 2 N–H and O–H groups in total. The Kier molecular flexibility index (Phi) is 7.30. The van der Waals surface area contributed by atoms with Crippen LogP contribution in [0.4, 0.5) is 0 Å². The molecule has 0 aliphatic heterocycles. The van der Waals surface area contributed by atoms with Crippen LogP contribution in [-0.2, 0) is 4.79 Å². The number of hydrogen-bond donors (Lipinski definition) is 1. The summed E-state index contributed by atoms with van der Waals surface area (Å²) in [7, 11) is 0. The maximum absolute atomic E-state index is 9.91. The van der Waals surface area contributed by atoms with Crippen LogP contribution in [0.5, 0.6) is 0 Å². The maximum atomic E-state index is 9.91. The van der Waals surface area contributed by atoms with E-state index in [1.165, 1.54) is 0 Å². The van der Waals surface area contributed by atoms with Crippen LogP contribution >= 0.6 is 15.9 Å². The Morgan fingerprint density at radius 1 is 1.40 bits per heavy atom. The van der Waals surface area contributed by atoms with Crippen molar-refractivity contribution in [2.24, 2.45) is 5.73 Å². The van der Waals surface area contributed by atoms with Crippen molar-refractivity contribution in [2.45, 2.75) is 31.7 Å². The molecule has 0 aliphatic carbocycles. The van der Waals surface area contributed by atoms with Crippen molar-refractivity contribution < 1.29 is 4.79 Å². The summed E-state index contributed by atoms with van der Waals surface area (Å²) in [6.45, 7) is 0. The highest BCUT2D eigenvalue weighted by Crippen LogP contribution is 2.02. The molecule has 1 radical (unpaired) electrons. The molecule has 0 amide bonds. The number of carbonyl (C=O) groups excluding carboxylic acids is 1. The molecular weight excluding hydrogens is 194 g/mol. The van der Waals surface area contributed by atoms with E-state index in [0.29, 0.717) is 0 Å². The van der Waals surface area contributed by atoms with E-state index < -0.39 is 0 Å². The molecule has 0 heterocycles. The molecule has 0 unspecified atom stereocenters. The second-order valence-corrected chi connectivity index (χ2v) is 3.06. The smallest absolute Gasteiger partial charge is 0.216 e. The SMILES string of the molecule is N[C@H]([C]=O)CCCCCBr. The Morgan fingerprint density at radius 3 is 2.60 bits per heavy atom. The van der Waals surface area contributed by atoms with Gasteiger partial charge in [-0.05, 0) is 12.8 Å². The van der Waals surface area contributed by atoms with E-state index in [1.807, 2.05) is 0 Å². The minimum absolute atomic E-state index is 0.365. The van der Waals surface area contributed by atoms with Crippen molar-refractivity contribution in [3.63, 3.8) is 0 Å². The number of unbranched alkanes of at least 4 members (excludes halogenated alkanes) is 2. The molecule has 0 saturated carbocycles. The monoisotopic (exact) mass is 206 g/mol. The van der Waals surface area contributed by atoms with Crippen LogP contribution in [0.1, 0.15) is 25.7 Å². The number of nitrogens with two attached hydrogens (primary N) is 1. The molecule has 1 atom stereocenters. The fourth-order valence-electron chi connectivity index (χ4n) is 0.694. The Morgan fingerprint density at radius 2 is 2.10 bits per heavy atom. The van der Waals surface area contributed by atoms with Crippen molar-refractivity contribution in [1.82, 2.24) is 0 Å². The first-order chi connectivity index (χ1) is 4.81. The van der Waals surface area contributed by atoms with Gasteiger partial charge in [-0.1, -0.05) is 28.8 Å². The zero-order chi connectivity index (χ0) is 7.82. The van der Waals surface area contributed by atoms with E-state index in [0.717, 1.165) is 31.0 Å². The molecule has 0 aromatic rings. The standard InChI is InChI=1S/C7H13BrNO/c8-5-3-1-2-4-7(9)6-10/h7H,1-5,9H2/t7-/m0/s1. The average molecular weight is 207 g/mol. The first kappa shape index (κ1) is 10.1. The zero-order valence-electron chi connectivity index (χ0n) is 5.98. The molecule has 0 aromatic heterocycles. The molecule has 0 saturated heterocycles. The van der Waals surface area contributed by atoms with E-state index in [1.54, 1.807) is 6.29 Å². The molecule has 3 heteroatoms. The molecule has 0 fully saturated rings. The van der Waals surface area contributed by atoms with E-state index in [2.05, 4.69) is 15.9 Å². The molecule has 0 aromatic carbocycles. The highest BCUT2D eigenvalue weighted by molar-refractivity contribution is 9.09. The fraction of sp³-hybridized carbons (Fsp3) is 0.857. The van der Waals surface area contributed by atoms with Gasteiger partial charge >= 0.3 is 0 Å². The van der Waals surface area contributed by atoms with Crippen LogP contribution in [0.15, 0.2) is 0 Å². The Bertz CT molecular complexity index is 87.7. The molecule has 59 valence electrons. The van der Waals surface area contributed by atoms with Gasteiger partial charge in [0.05, 0.1) is 6.04 Å². The van der Waals surface area contributed by atoms with Gasteiger partial charge in [-0.2, -0.15) is 0 Å². The lowest BCUT2D eigenvalue weighted by Gasteiger charge is -2.00. The van der Waals surface area contributed by atoms with E-state index in [4.69, 9.17) is 5.73 Å². The van der Waals surface area contributed by atoms with Gasteiger partial charge in [-0.15, -0.1) is 0 Å². The van der Waals surface area contributed by atoms with Crippen molar-refractivity contribution in [3.8, 4) is 0 Å². The number of rotatable bonds is 6. The Hall–Kier alpha value is 0.110. The average Bonchev–Trinajstić information content (AvgIpc) is 1.98. The molecule has 0 bridgehead atoms. The third-order valence-electron chi connectivity index (χ3n) is 1.30. The summed E-state index contributed by atoms with van der Waals surface area (Å²) in [4.78, 5) is 9.91. The van der Waals surface area contributed by atoms with Crippen LogP contribution in [0, 0.1) is 0 Å². The quantitative estimate of drug-likeness (QED) is 0.528. The van der Waals surface area contributed by atoms with Crippen LogP contribution in [0.25, 0.3) is 0 Å². The van der Waals surface area contributed by atoms with E-state index in [9.17, 15) is 4.79 Å². The highest BCUT2D eigenvalue weighted by atomic mass is 79.9. The second kappa shape index (κ2) is 7.22. The van der Waals surface area contributed by atoms with Gasteiger partial charge in [0, 0.05) is 5.33 Å². The largest absolute Gasteiger partial charge is 0.321 e. The first-order valence-corrected chi connectivity index (χ1v) is 4.62. The summed E-state index contributed by atoms with van der Waals surface area (Å²) in [5, 5.41) is 1.03. The van der Waals surface area contributed by atoms with Gasteiger partial charge in [-0.25, -0.2) is 0 Å². The predicted molar refractivity (Wildman–Crippen MR) is 45.9 cm³/mol. The molecule has 0 rings (SSSR count). The topological polar surface area (TPSA) is 43.1 Å². The molecule has 10 heavy (non-hydrogen) atoms. The summed E-state index contributed by atoms with van der Waals surface area (Å²) in [5.41, 5.74) is 5.32.